The minimum absolute atomic E-state index is 0.367. The maximum absolute atomic E-state index is 11.2. The van der Waals surface area contributed by atoms with Crippen molar-refractivity contribution in [1.29, 1.82) is 0 Å². The van der Waals surface area contributed by atoms with Gasteiger partial charge in [0.1, 0.15) is 0 Å². The summed E-state index contributed by atoms with van der Waals surface area (Å²) in [5.74, 6) is -0.367. The molecule has 0 aliphatic heterocycles. The standard InChI is InChI=1S/C9H9N3O/c1-12(9(13)7-11-10)8-5-3-2-4-6-8/h2-7H,1H3. The Labute approximate surface area is 76.0 Å². The number of rotatable bonds is 2. The third kappa shape index (κ3) is 2.25. The summed E-state index contributed by atoms with van der Waals surface area (Å²) in [6.45, 7) is 0. The van der Waals surface area contributed by atoms with E-state index in [4.69, 9.17) is 5.53 Å². The second kappa shape index (κ2) is 4.18. The predicted molar refractivity (Wildman–Crippen MR) is 49.5 cm³/mol. The van der Waals surface area contributed by atoms with Crippen LogP contribution in [-0.2, 0) is 4.79 Å². The first-order chi connectivity index (χ1) is 6.25. The van der Waals surface area contributed by atoms with Gasteiger partial charge in [0, 0.05) is 12.7 Å². The van der Waals surface area contributed by atoms with Crippen LogP contribution in [-0.4, -0.2) is 24.0 Å². The summed E-state index contributed by atoms with van der Waals surface area (Å²) in [6.07, 6.45) is 0.854. The highest BCUT2D eigenvalue weighted by atomic mass is 16.2. The van der Waals surface area contributed by atoms with Gasteiger partial charge in [0.25, 0.3) is 0 Å². The van der Waals surface area contributed by atoms with Gasteiger partial charge in [-0.1, -0.05) is 18.2 Å². The Kier molecular flexibility index (Phi) is 2.95. The molecule has 0 bridgehead atoms. The van der Waals surface area contributed by atoms with Crippen molar-refractivity contribution in [3.63, 3.8) is 0 Å². The summed E-state index contributed by atoms with van der Waals surface area (Å²) < 4.78 is 0. The molecule has 0 saturated heterocycles. The largest absolute Gasteiger partial charge is 0.361 e. The van der Waals surface area contributed by atoms with Gasteiger partial charge in [0.15, 0.2) is 0 Å². The number of nitrogens with zero attached hydrogens (tertiary/aromatic N) is 3. The third-order valence-electron chi connectivity index (χ3n) is 1.64. The number of amides is 1. The first kappa shape index (κ1) is 9.16. The number of hydrogen-bond donors (Lipinski definition) is 0. The molecule has 0 spiro atoms. The Balaban J connectivity index is 2.85. The van der Waals surface area contributed by atoms with Crippen molar-refractivity contribution in [3.8, 4) is 0 Å². The average Bonchev–Trinajstić information content (AvgIpc) is 2.18. The quantitative estimate of drug-likeness (QED) is 0.375. The number of anilines is 1. The highest BCUT2D eigenvalue weighted by Gasteiger charge is 2.10. The molecule has 0 unspecified atom stereocenters. The van der Waals surface area contributed by atoms with E-state index in [1.807, 2.05) is 18.2 Å². The van der Waals surface area contributed by atoms with Crippen molar-refractivity contribution >= 4 is 17.8 Å². The van der Waals surface area contributed by atoms with Gasteiger partial charge in [0.05, 0.1) is 0 Å². The monoisotopic (exact) mass is 175 g/mol. The lowest BCUT2D eigenvalue weighted by atomic mass is 10.3. The zero-order chi connectivity index (χ0) is 9.68. The Bertz CT molecular complexity index is 341. The van der Waals surface area contributed by atoms with E-state index in [-0.39, 0.29) is 5.91 Å². The average molecular weight is 175 g/mol. The molecule has 1 aromatic carbocycles. The van der Waals surface area contributed by atoms with Crippen molar-refractivity contribution in [2.75, 3.05) is 11.9 Å². The fourth-order valence-corrected chi connectivity index (χ4v) is 0.915. The molecule has 1 aromatic rings. The van der Waals surface area contributed by atoms with Gasteiger partial charge < -0.3 is 10.4 Å². The van der Waals surface area contributed by atoms with Crippen molar-refractivity contribution in [2.45, 2.75) is 0 Å². The Hall–Kier alpha value is -1.93. The predicted octanol–water partition coefficient (Wildman–Crippen LogP) is 0.950. The smallest absolute Gasteiger partial charge is 0.345 e. The molecular weight excluding hydrogens is 166 g/mol. The maximum Gasteiger partial charge on any atom is 0.345 e. The summed E-state index contributed by atoms with van der Waals surface area (Å²) in [5, 5.41) is 0. The first-order valence-corrected chi connectivity index (χ1v) is 3.76. The van der Waals surface area contributed by atoms with E-state index in [1.165, 1.54) is 4.90 Å². The number of benzene rings is 1. The van der Waals surface area contributed by atoms with Crippen molar-refractivity contribution in [3.05, 3.63) is 35.9 Å². The molecular formula is C9H9N3O. The van der Waals surface area contributed by atoms with E-state index in [1.54, 1.807) is 19.2 Å². The fourth-order valence-electron chi connectivity index (χ4n) is 0.915. The topological polar surface area (TPSA) is 56.7 Å². The van der Waals surface area contributed by atoms with Gasteiger partial charge >= 0.3 is 12.1 Å². The first-order valence-electron chi connectivity index (χ1n) is 3.76. The molecule has 0 fully saturated rings. The lowest BCUT2D eigenvalue weighted by molar-refractivity contribution is -0.115. The van der Waals surface area contributed by atoms with Crippen molar-refractivity contribution in [2.24, 2.45) is 0 Å². The van der Waals surface area contributed by atoms with Crippen LogP contribution in [0.1, 0.15) is 0 Å². The highest BCUT2D eigenvalue weighted by Crippen LogP contribution is 2.09. The van der Waals surface area contributed by atoms with E-state index in [0.29, 0.717) is 0 Å². The van der Waals surface area contributed by atoms with Crippen LogP contribution in [0.25, 0.3) is 5.53 Å². The van der Waals surface area contributed by atoms with Crippen LogP contribution >= 0.6 is 0 Å². The van der Waals surface area contributed by atoms with Crippen LogP contribution in [0.5, 0.6) is 0 Å². The maximum atomic E-state index is 11.2. The summed E-state index contributed by atoms with van der Waals surface area (Å²) in [5.41, 5.74) is 8.91. The summed E-state index contributed by atoms with van der Waals surface area (Å²) in [4.78, 5) is 15.2. The minimum Gasteiger partial charge on any atom is -0.361 e. The number of carbonyl (C=O) groups is 1. The summed E-state index contributed by atoms with van der Waals surface area (Å²) in [7, 11) is 1.61. The van der Waals surface area contributed by atoms with Gasteiger partial charge in [0.2, 0.25) is 0 Å². The van der Waals surface area contributed by atoms with Gasteiger partial charge in [-0.3, -0.25) is 4.79 Å². The lowest BCUT2D eigenvalue weighted by Crippen LogP contribution is -2.27. The van der Waals surface area contributed by atoms with Crippen molar-refractivity contribution in [1.82, 2.24) is 0 Å². The third-order valence-corrected chi connectivity index (χ3v) is 1.64. The molecule has 0 heterocycles. The van der Waals surface area contributed by atoms with E-state index < -0.39 is 0 Å². The molecule has 0 radical (unpaired) electrons. The van der Waals surface area contributed by atoms with Crippen molar-refractivity contribution < 1.29 is 9.58 Å². The molecule has 4 nitrogen and oxygen atoms in total. The number of carbonyl (C=O) groups excluding carboxylic acids is 1. The van der Waals surface area contributed by atoms with Crippen LogP contribution in [0.2, 0.25) is 0 Å². The molecule has 0 aliphatic carbocycles. The minimum atomic E-state index is -0.367. The fraction of sp³-hybridized carbons (Fsp3) is 0.111. The number of hydrogen-bond acceptors (Lipinski definition) is 1. The molecule has 0 aromatic heterocycles. The zero-order valence-corrected chi connectivity index (χ0v) is 7.21. The molecule has 0 N–H and O–H groups in total. The molecule has 0 atom stereocenters. The van der Waals surface area contributed by atoms with Gasteiger partial charge in [-0.25, -0.2) is 0 Å². The molecule has 0 saturated carbocycles. The molecule has 1 amide bonds. The SMILES string of the molecule is CN(C(=O)C=[N+]=[N-])c1ccccc1. The second-order valence-electron chi connectivity index (χ2n) is 2.48. The summed E-state index contributed by atoms with van der Waals surface area (Å²) >= 11 is 0. The van der Waals surface area contributed by atoms with Crippen LogP contribution in [0, 0.1) is 0 Å². The zero-order valence-electron chi connectivity index (χ0n) is 7.21. The van der Waals surface area contributed by atoms with E-state index >= 15 is 0 Å². The second-order valence-corrected chi connectivity index (χ2v) is 2.48. The van der Waals surface area contributed by atoms with Crippen LogP contribution < -0.4 is 4.90 Å². The lowest BCUT2D eigenvalue weighted by Gasteiger charge is -2.11. The van der Waals surface area contributed by atoms with Gasteiger partial charge in [-0.05, 0) is 12.1 Å². The molecule has 13 heavy (non-hydrogen) atoms. The van der Waals surface area contributed by atoms with E-state index in [0.717, 1.165) is 11.9 Å². The van der Waals surface area contributed by atoms with Gasteiger partial charge in [-0.2, -0.15) is 4.79 Å². The van der Waals surface area contributed by atoms with Crippen LogP contribution in [0.15, 0.2) is 30.3 Å². The van der Waals surface area contributed by atoms with E-state index in [2.05, 4.69) is 4.79 Å². The normalized spacial score (nSPS) is 8.69. The van der Waals surface area contributed by atoms with Crippen LogP contribution in [0.4, 0.5) is 5.69 Å². The summed E-state index contributed by atoms with van der Waals surface area (Å²) in [6, 6.07) is 9.11. The molecule has 1 rings (SSSR count). The highest BCUT2D eigenvalue weighted by molar-refractivity contribution is 6.30. The molecule has 4 heteroatoms. The molecule has 66 valence electrons. The Morgan fingerprint density at radius 3 is 2.62 bits per heavy atom. The van der Waals surface area contributed by atoms with E-state index in [9.17, 15) is 4.79 Å². The van der Waals surface area contributed by atoms with Gasteiger partial charge in [-0.15, -0.1) is 0 Å². The number of para-hydroxylation sites is 1. The Morgan fingerprint density at radius 2 is 2.08 bits per heavy atom. The van der Waals surface area contributed by atoms with Crippen LogP contribution in [0.3, 0.4) is 0 Å². The molecule has 0 aliphatic rings. The Morgan fingerprint density at radius 1 is 1.46 bits per heavy atom.